The number of hydrogen-bond donors (Lipinski definition) is 1. The van der Waals surface area contributed by atoms with Gasteiger partial charge in [-0.1, -0.05) is 12.7 Å². The summed E-state index contributed by atoms with van der Waals surface area (Å²) < 4.78 is 4.43. The second kappa shape index (κ2) is 9.99. The van der Waals surface area contributed by atoms with E-state index in [1.54, 1.807) is 6.92 Å². The topological polar surface area (TPSA) is 87.4 Å². The molecule has 0 rings (SSSR count). The van der Waals surface area contributed by atoms with Gasteiger partial charge in [0.1, 0.15) is 11.6 Å². The van der Waals surface area contributed by atoms with Crippen molar-refractivity contribution in [3.63, 3.8) is 0 Å². The maximum atomic E-state index is 10.1. The summed E-state index contributed by atoms with van der Waals surface area (Å²) in [5.74, 6) is -1.53. The second-order valence-electron chi connectivity index (χ2n) is 2.08. The first kappa shape index (κ1) is 15.4. The Morgan fingerprint density at radius 2 is 2.13 bits per heavy atom. The van der Waals surface area contributed by atoms with Crippen LogP contribution in [0.25, 0.3) is 0 Å². The van der Waals surface area contributed by atoms with Crippen LogP contribution in [0.15, 0.2) is 24.3 Å². The van der Waals surface area contributed by atoms with Crippen LogP contribution in [-0.4, -0.2) is 23.7 Å². The van der Waals surface area contributed by atoms with Gasteiger partial charge in [-0.2, -0.15) is 5.26 Å². The summed E-state index contributed by atoms with van der Waals surface area (Å²) in [5.41, 5.74) is -0.218. The van der Waals surface area contributed by atoms with Crippen LogP contribution in [0, 0.1) is 11.3 Å². The zero-order valence-corrected chi connectivity index (χ0v) is 8.69. The molecule has 0 saturated carbocycles. The van der Waals surface area contributed by atoms with E-state index in [9.17, 15) is 9.59 Å². The van der Waals surface area contributed by atoms with Crippen molar-refractivity contribution in [2.24, 2.45) is 0 Å². The van der Waals surface area contributed by atoms with Crippen molar-refractivity contribution in [2.75, 3.05) is 6.61 Å². The molecule has 82 valence electrons. The minimum atomic E-state index is -1.17. The van der Waals surface area contributed by atoms with Gasteiger partial charge in [-0.25, -0.2) is 9.59 Å². The highest BCUT2D eigenvalue weighted by Gasteiger charge is 2.00. The minimum absolute atomic E-state index is 0.218. The van der Waals surface area contributed by atoms with E-state index in [0.29, 0.717) is 6.61 Å². The van der Waals surface area contributed by atoms with Crippen molar-refractivity contribution < 1.29 is 19.4 Å². The lowest BCUT2D eigenvalue weighted by atomic mass is 10.3. The normalized spacial score (nSPS) is 9.00. The number of allylic oxidation sites excluding steroid dienone is 1. The van der Waals surface area contributed by atoms with Crippen LogP contribution in [0.2, 0.25) is 0 Å². The van der Waals surface area contributed by atoms with Gasteiger partial charge in [-0.15, -0.1) is 0 Å². The molecule has 0 heterocycles. The van der Waals surface area contributed by atoms with Gasteiger partial charge in [0.2, 0.25) is 0 Å². The molecule has 0 aliphatic rings. The zero-order chi connectivity index (χ0) is 12.3. The number of hydrogen-bond acceptors (Lipinski definition) is 4. The summed E-state index contributed by atoms with van der Waals surface area (Å²) in [6, 6.07) is 1.51. The molecule has 0 aromatic carbocycles. The number of rotatable bonds is 3. The first-order chi connectivity index (χ1) is 7.03. The SMILES string of the molecule is C=CC(=O)OCC.CC=C(C#N)C(=O)O. The van der Waals surface area contributed by atoms with Crippen molar-refractivity contribution in [1.29, 1.82) is 5.26 Å². The molecular formula is C10H13NO4. The van der Waals surface area contributed by atoms with Crippen LogP contribution in [-0.2, 0) is 14.3 Å². The molecule has 0 unspecified atom stereocenters. The zero-order valence-electron chi connectivity index (χ0n) is 8.69. The van der Waals surface area contributed by atoms with Gasteiger partial charge in [0, 0.05) is 6.08 Å². The van der Waals surface area contributed by atoms with Crippen LogP contribution in [0.3, 0.4) is 0 Å². The Bertz CT molecular complexity index is 299. The minimum Gasteiger partial charge on any atom is -0.477 e. The number of carbonyl (C=O) groups excluding carboxylic acids is 1. The summed E-state index contributed by atoms with van der Waals surface area (Å²) in [5, 5.41) is 16.1. The third-order valence-electron chi connectivity index (χ3n) is 1.09. The Hall–Kier alpha value is -2.09. The largest absolute Gasteiger partial charge is 0.477 e. The number of esters is 1. The van der Waals surface area contributed by atoms with Crippen molar-refractivity contribution in [1.82, 2.24) is 0 Å². The van der Waals surface area contributed by atoms with Gasteiger partial charge in [0.25, 0.3) is 0 Å². The number of carboxylic acid groups (broad SMARTS) is 1. The van der Waals surface area contributed by atoms with Crippen molar-refractivity contribution in [3.05, 3.63) is 24.3 Å². The summed E-state index contributed by atoms with van der Waals surface area (Å²) in [6.07, 6.45) is 2.39. The first-order valence-electron chi connectivity index (χ1n) is 4.12. The molecular weight excluding hydrogens is 198 g/mol. The van der Waals surface area contributed by atoms with E-state index in [2.05, 4.69) is 11.3 Å². The number of nitriles is 1. The van der Waals surface area contributed by atoms with Crippen LogP contribution >= 0.6 is 0 Å². The number of carbonyl (C=O) groups is 2. The highest BCUT2D eigenvalue weighted by Crippen LogP contribution is 1.88. The van der Waals surface area contributed by atoms with E-state index in [1.807, 2.05) is 0 Å². The molecule has 1 N–H and O–H groups in total. The monoisotopic (exact) mass is 211 g/mol. The van der Waals surface area contributed by atoms with Gasteiger partial charge >= 0.3 is 11.9 Å². The molecule has 0 bridgehead atoms. The quantitative estimate of drug-likeness (QED) is 0.431. The van der Waals surface area contributed by atoms with Crippen LogP contribution < -0.4 is 0 Å². The van der Waals surface area contributed by atoms with Gasteiger partial charge in [0.05, 0.1) is 6.61 Å². The predicted octanol–water partition coefficient (Wildman–Crippen LogP) is 1.28. The standard InChI is InChI=1S/C5H5NO2.C5H8O2/c1-2-4(3-6)5(7)8;1-3-5(6)7-4-2/h2H,1H3,(H,7,8);3H,1,4H2,2H3. The number of ether oxygens (including phenoxy) is 1. The first-order valence-corrected chi connectivity index (χ1v) is 4.12. The van der Waals surface area contributed by atoms with E-state index in [4.69, 9.17) is 10.4 Å². The third-order valence-corrected chi connectivity index (χ3v) is 1.09. The van der Waals surface area contributed by atoms with Crippen molar-refractivity contribution >= 4 is 11.9 Å². The van der Waals surface area contributed by atoms with E-state index in [1.165, 1.54) is 19.1 Å². The molecule has 5 heteroatoms. The average Bonchev–Trinajstić information content (AvgIpc) is 2.20. The molecule has 0 spiro atoms. The fraction of sp³-hybridized carbons (Fsp3) is 0.300. The van der Waals surface area contributed by atoms with Gasteiger partial charge < -0.3 is 9.84 Å². The highest BCUT2D eigenvalue weighted by molar-refractivity contribution is 5.90. The van der Waals surface area contributed by atoms with E-state index < -0.39 is 5.97 Å². The fourth-order valence-corrected chi connectivity index (χ4v) is 0.437. The average molecular weight is 211 g/mol. The van der Waals surface area contributed by atoms with Gasteiger partial charge in [-0.3, -0.25) is 0 Å². The molecule has 0 atom stereocenters. The van der Waals surface area contributed by atoms with Crippen molar-refractivity contribution in [2.45, 2.75) is 13.8 Å². The lowest BCUT2D eigenvalue weighted by Crippen LogP contribution is -1.97. The predicted molar refractivity (Wildman–Crippen MR) is 53.8 cm³/mol. The highest BCUT2D eigenvalue weighted by atomic mass is 16.5. The van der Waals surface area contributed by atoms with Crippen molar-refractivity contribution in [3.8, 4) is 6.07 Å². The molecule has 0 aromatic heterocycles. The van der Waals surface area contributed by atoms with Gasteiger partial charge in [0.15, 0.2) is 0 Å². The maximum Gasteiger partial charge on any atom is 0.346 e. The molecule has 0 fully saturated rings. The van der Waals surface area contributed by atoms with Crippen LogP contribution in [0.1, 0.15) is 13.8 Å². The van der Waals surface area contributed by atoms with E-state index >= 15 is 0 Å². The van der Waals surface area contributed by atoms with E-state index in [-0.39, 0.29) is 11.5 Å². The van der Waals surface area contributed by atoms with Gasteiger partial charge in [-0.05, 0) is 13.8 Å². The Morgan fingerprint density at radius 1 is 1.60 bits per heavy atom. The fourth-order valence-electron chi connectivity index (χ4n) is 0.437. The number of aliphatic carboxylic acids is 1. The molecule has 15 heavy (non-hydrogen) atoms. The molecule has 0 radical (unpaired) electrons. The molecule has 0 aliphatic carbocycles. The third kappa shape index (κ3) is 9.83. The molecule has 0 amide bonds. The van der Waals surface area contributed by atoms with E-state index in [0.717, 1.165) is 6.08 Å². The summed E-state index contributed by atoms with van der Waals surface area (Å²) in [4.78, 5) is 19.9. The second-order valence-corrected chi connectivity index (χ2v) is 2.08. The molecule has 0 saturated heterocycles. The molecule has 5 nitrogen and oxygen atoms in total. The lowest BCUT2D eigenvalue weighted by molar-refractivity contribution is -0.137. The Balaban J connectivity index is 0. The maximum absolute atomic E-state index is 10.1. The summed E-state index contributed by atoms with van der Waals surface area (Å²) in [6.45, 7) is 6.88. The Kier molecular flexibility index (Phi) is 10.3. The smallest absolute Gasteiger partial charge is 0.346 e. The summed E-state index contributed by atoms with van der Waals surface area (Å²) >= 11 is 0. The lowest BCUT2D eigenvalue weighted by Gasteiger charge is -1.90. The molecule has 0 aromatic rings. The number of nitrogens with zero attached hydrogens (tertiary/aromatic N) is 1. The van der Waals surface area contributed by atoms with Crippen LogP contribution in [0.4, 0.5) is 0 Å². The Morgan fingerprint density at radius 3 is 2.20 bits per heavy atom. The summed E-state index contributed by atoms with van der Waals surface area (Å²) in [7, 11) is 0. The number of carboxylic acids is 1. The van der Waals surface area contributed by atoms with Crippen LogP contribution in [0.5, 0.6) is 0 Å². The Labute approximate surface area is 88.3 Å². The molecule has 0 aliphatic heterocycles.